The normalized spacial score (nSPS) is 26.9. The molecular weight excluding hydrogens is 398 g/mol. The van der Waals surface area contributed by atoms with E-state index in [1.807, 2.05) is 0 Å². The Kier molecular flexibility index (Phi) is 5.14. The van der Waals surface area contributed by atoms with Gasteiger partial charge in [-0.2, -0.15) is 4.98 Å². The van der Waals surface area contributed by atoms with Crippen LogP contribution in [0, 0.1) is 0 Å². The van der Waals surface area contributed by atoms with Crippen molar-refractivity contribution in [3.8, 4) is 11.5 Å². The van der Waals surface area contributed by atoms with E-state index in [0.717, 1.165) is 4.90 Å². The largest absolute Gasteiger partial charge is 0.493 e. The lowest BCUT2D eigenvalue weighted by Gasteiger charge is -2.20. The lowest BCUT2D eigenvalue weighted by atomic mass is 10.2. The van der Waals surface area contributed by atoms with Crippen LogP contribution >= 0.6 is 12.4 Å². The molecule has 9 nitrogen and oxygen atoms in total. The van der Waals surface area contributed by atoms with Gasteiger partial charge in [0.15, 0.2) is 11.5 Å². The minimum absolute atomic E-state index is 0. The molecule has 1 atom stereocenters. The van der Waals surface area contributed by atoms with Crippen molar-refractivity contribution in [3.05, 3.63) is 12.1 Å². The van der Waals surface area contributed by atoms with Gasteiger partial charge >= 0.3 is 0 Å². The first-order valence-electron chi connectivity index (χ1n) is 12.0. The molecule has 1 fully saturated rings. The number of nitrogens with two attached hydrogens (primary N) is 1. The second-order valence-electron chi connectivity index (χ2n) is 5.95. The minimum Gasteiger partial charge on any atom is -0.493 e. The summed E-state index contributed by atoms with van der Waals surface area (Å²) >= 11 is 0. The fourth-order valence-electron chi connectivity index (χ4n) is 2.63. The van der Waals surface area contributed by atoms with E-state index in [2.05, 4.69) is 15.3 Å². The van der Waals surface area contributed by atoms with Gasteiger partial charge in [-0.1, -0.05) is 0 Å². The van der Waals surface area contributed by atoms with Crippen LogP contribution in [0.15, 0.2) is 12.1 Å². The molecule has 160 valence electrons. The number of anilines is 2. The predicted octanol–water partition coefficient (Wildman–Crippen LogP) is 2.09. The smallest absolute Gasteiger partial charge is 0.251 e. The SMILES string of the molecule is Cl.[2H]C1([2H])OC([2H])(C(=O)N(C)CCCNc2nc(N)c3cc(OC)c(OC)cc3n2)C([2H])([2H])C1([2H])[2H]. The number of hydrogen-bond donors (Lipinski definition) is 2. The number of nitrogens with one attached hydrogen (secondary N) is 1. The molecule has 1 aliphatic heterocycles. The summed E-state index contributed by atoms with van der Waals surface area (Å²) in [6, 6.07) is 3.32. The van der Waals surface area contributed by atoms with Crippen molar-refractivity contribution in [3.63, 3.8) is 0 Å². The molecule has 10 heteroatoms. The molecule has 3 N–H and O–H groups in total. The average molecular weight is 433 g/mol. The number of carbonyl (C=O) groups is 1. The first kappa shape index (κ1) is 14.5. The number of nitrogen functional groups attached to an aromatic ring is 1. The summed E-state index contributed by atoms with van der Waals surface area (Å²) in [5.41, 5.74) is 6.56. The van der Waals surface area contributed by atoms with E-state index < -0.39 is 31.3 Å². The second kappa shape index (κ2) is 10.3. The number of fused-ring (bicyclic) bond motifs is 1. The van der Waals surface area contributed by atoms with E-state index in [-0.39, 0.29) is 37.3 Å². The van der Waals surface area contributed by atoms with E-state index in [1.165, 1.54) is 21.3 Å². The number of amides is 1. The maximum atomic E-state index is 12.8. The van der Waals surface area contributed by atoms with Crippen LogP contribution in [0.5, 0.6) is 11.5 Å². The lowest BCUT2D eigenvalue weighted by molar-refractivity contribution is -0.139. The van der Waals surface area contributed by atoms with Gasteiger partial charge in [-0.15, -0.1) is 12.4 Å². The van der Waals surface area contributed by atoms with Crippen molar-refractivity contribution in [2.75, 3.05) is 52.0 Å². The summed E-state index contributed by atoms with van der Waals surface area (Å²) in [4.78, 5) is 22.4. The molecule has 0 bridgehead atoms. The van der Waals surface area contributed by atoms with Gasteiger partial charge in [-0.05, 0) is 25.2 Å². The number of rotatable bonds is 8. The van der Waals surface area contributed by atoms with Crippen LogP contribution in [0.4, 0.5) is 11.8 Å². The number of aromatic nitrogens is 2. The highest BCUT2D eigenvalue weighted by Gasteiger charge is 2.26. The van der Waals surface area contributed by atoms with Gasteiger partial charge < -0.3 is 30.2 Å². The zero-order chi connectivity index (χ0) is 26.4. The molecule has 1 aromatic carbocycles. The van der Waals surface area contributed by atoms with Crippen LogP contribution in [0.2, 0.25) is 0 Å². The molecule has 2 heterocycles. The second-order valence-corrected chi connectivity index (χ2v) is 5.95. The van der Waals surface area contributed by atoms with Gasteiger partial charge in [0.05, 0.1) is 23.8 Å². The van der Waals surface area contributed by atoms with Crippen molar-refractivity contribution in [2.45, 2.75) is 25.2 Å². The van der Waals surface area contributed by atoms with Crippen LogP contribution < -0.4 is 20.5 Å². The minimum atomic E-state index is -3.23. The number of nitrogens with zero attached hydrogens (tertiary/aromatic N) is 3. The molecule has 0 aliphatic carbocycles. The number of methoxy groups -OCH3 is 2. The summed E-state index contributed by atoms with van der Waals surface area (Å²) < 4.78 is 69.9. The molecule has 2 aromatic rings. The van der Waals surface area contributed by atoms with Gasteiger partial charge in [0, 0.05) is 43.6 Å². The Bertz CT molecular complexity index is 1140. The fourth-order valence-corrected chi connectivity index (χ4v) is 2.63. The van der Waals surface area contributed by atoms with E-state index >= 15 is 0 Å². The van der Waals surface area contributed by atoms with Crippen molar-refractivity contribution < 1.29 is 28.6 Å². The highest BCUT2D eigenvalue weighted by Crippen LogP contribution is 2.33. The van der Waals surface area contributed by atoms with Crippen molar-refractivity contribution in [2.24, 2.45) is 0 Å². The summed E-state index contributed by atoms with van der Waals surface area (Å²) in [6.07, 6.45) is -9.21. The summed E-state index contributed by atoms with van der Waals surface area (Å²) in [6.45, 7) is -2.85. The van der Waals surface area contributed by atoms with Crippen LogP contribution in [-0.4, -0.2) is 67.8 Å². The van der Waals surface area contributed by atoms with Crippen LogP contribution in [0.25, 0.3) is 10.9 Å². The van der Waals surface area contributed by atoms with Crippen molar-refractivity contribution >= 4 is 41.0 Å². The van der Waals surface area contributed by atoms with Gasteiger partial charge in [0.2, 0.25) is 5.95 Å². The quantitative estimate of drug-likeness (QED) is 0.610. The number of benzene rings is 1. The Morgan fingerprint density at radius 2 is 2.14 bits per heavy atom. The summed E-state index contributed by atoms with van der Waals surface area (Å²) in [5, 5.41) is 3.55. The highest BCUT2D eigenvalue weighted by molar-refractivity contribution is 5.91. The first-order valence-corrected chi connectivity index (χ1v) is 8.52. The van der Waals surface area contributed by atoms with E-state index in [9.17, 15) is 4.79 Å². The van der Waals surface area contributed by atoms with Gasteiger partial charge in [-0.25, -0.2) is 4.98 Å². The van der Waals surface area contributed by atoms with Crippen molar-refractivity contribution in [1.82, 2.24) is 14.9 Å². The Balaban J connectivity index is 0.00000456. The fraction of sp³-hybridized carbons (Fsp3) is 0.526. The third-order valence-corrected chi connectivity index (χ3v) is 4.11. The number of carbonyl (C=O) groups excluding carboxylic acids is 1. The van der Waals surface area contributed by atoms with Gasteiger partial charge in [0.25, 0.3) is 5.91 Å². The lowest BCUT2D eigenvalue weighted by Crippen LogP contribution is -2.37. The van der Waals surface area contributed by atoms with Crippen LogP contribution in [-0.2, 0) is 9.53 Å². The molecule has 0 spiro atoms. The van der Waals surface area contributed by atoms with E-state index in [4.69, 9.17) is 29.5 Å². The summed E-state index contributed by atoms with van der Waals surface area (Å²) in [7, 11) is 4.29. The van der Waals surface area contributed by atoms with Crippen LogP contribution in [0.1, 0.15) is 28.8 Å². The van der Waals surface area contributed by atoms with E-state index in [1.54, 1.807) is 12.1 Å². The van der Waals surface area contributed by atoms with E-state index in [0.29, 0.717) is 28.8 Å². The predicted molar refractivity (Wildman–Crippen MR) is 114 cm³/mol. The number of hydrogen-bond acceptors (Lipinski definition) is 8. The van der Waals surface area contributed by atoms with Gasteiger partial charge in [-0.3, -0.25) is 4.79 Å². The molecule has 1 unspecified atom stereocenters. The van der Waals surface area contributed by atoms with Crippen molar-refractivity contribution in [1.29, 1.82) is 0 Å². The monoisotopic (exact) mass is 432 g/mol. The third kappa shape index (κ3) is 5.30. The molecule has 1 aromatic heterocycles. The molecular formula is C19H28ClN5O4. The standard InChI is InChI=1S/C19H27N5O4.ClH/c1-24(18(25)14-6-4-9-28-14)8-5-7-21-19-22-13-11-16(27-3)15(26-2)10-12(13)17(20)23-19;/h10-11,14H,4-9H2,1-3H3,(H3,20,21,22,23);1H/i4D2,6D2,9D2,14D;. The Morgan fingerprint density at radius 1 is 1.41 bits per heavy atom. The topological polar surface area (TPSA) is 112 Å². The molecule has 1 saturated heterocycles. The Labute approximate surface area is 186 Å². The molecule has 1 amide bonds. The van der Waals surface area contributed by atoms with Gasteiger partial charge in [0.1, 0.15) is 11.9 Å². The highest BCUT2D eigenvalue weighted by atomic mass is 35.5. The first-order chi connectivity index (χ1) is 16.1. The number of ether oxygens (including phenoxy) is 3. The zero-order valence-corrected chi connectivity index (χ0v) is 17.1. The molecule has 29 heavy (non-hydrogen) atoms. The average Bonchev–Trinajstić information content (AvgIpc) is 2.88. The molecule has 3 rings (SSSR count). The molecule has 1 aliphatic rings. The number of halogens is 1. The summed E-state index contributed by atoms with van der Waals surface area (Å²) in [5.74, 6) is 0.194. The molecule has 0 saturated carbocycles. The Hall–Kier alpha value is -2.52. The molecule has 0 radical (unpaired) electrons. The Morgan fingerprint density at radius 3 is 2.79 bits per heavy atom. The maximum Gasteiger partial charge on any atom is 0.251 e. The maximum absolute atomic E-state index is 12.8. The number of likely N-dealkylation sites (N-methyl/N-ethyl adjacent to an activating group) is 1. The van der Waals surface area contributed by atoms with Crippen LogP contribution in [0.3, 0.4) is 0 Å². The zero-order valence-electron chi connectivity index (χ0n) is 23.2. The third-order valence-electron chi connectivity index (χ3n) is 4.11.